The molecular weight excluding hydrogens is 184 g/mol. The van der Waals surface area contributed by atoms with Crippen LogP contribution in [-0.2, 0) is 4.84 Å². The molecule has 5 nitrogen and oxygen atoms in total. The van der Waals surface area contributed by atoms with Gasteiger partial charge in [-0.1, -0.05) is 0 Å². The van der Waals surface area contributed by atoms with Crippen molar-refractivity contribution in [1.29, 1.82) is 0 Å². The molecule has 0 bridgehead atoms. The molecule has 14 heavy (non-hydrogen) atoms. The molecule has 0 radical (unpaired) electrons. The van der Waals surface area contributed by atoms with Crippen molar-refractivity contribution in [1.82, 2.24) is 0 Å². The highest BCUT2D eigenvalue weighted by Crippen LogP contribution is 2.24. The monoisotopic (exact) mass is 199 g/mol. The van der Waals surface area contributed by atoms with Crippen LogP contribution in [0, 0.1) is 4.91 Å². The fourth-order valence-corrected chi connectivity index (χ4v) is 0.950. The van der Waals surface area contributed by atoms with Crippen LogP contribution in [0.4, 0.5) is 11.8 Å². The number of rotatable bonds is 4. The first-order chi connectivity index (χ1) is 6.56. The standard InChI is InChI=1S/C9H15N2O3/c1-7(2)10(3)8-5-6-9(14-8)11(12)13-4/h5-7H,1-4H3/q+1. The highest BCUT2D eigenvalue weighted by molar-refractivity contribution is 5.39. The first-order valence-corrected chi connectivity index (χ1v) is 4.40. The molecule has 1 rings (SSSR count). The summed E-state index contributed by atoms with van der Waals surface area (Å²) in [5.41, 5.74) is 0. The molecule has 0 atom stereocenters. The normalized spacial score (nSPS) is 10.4. The molecule has 78 valence electrons. The van der Waals surface area contributed by atoms with Crippen LogP contribution in [0.3, 0.4) is 0 Å². The molecule has 0 spiro atoms. The third-order valence-corrected chi connectivity index (χ3v) is 2.05. The van der Waals surface area contributed by atoms with E-state index in [4.69, 9.17) is 4.42 Å². The molecule has 0 aromatic carbocycles. The Morgan fingerprint density at radius 1 is 1.50 bits per heavy atom. The molecule has 0 amide bonds. The number of anilines is 1. The van der Waals surface area contributed by atoms with Gasteiger partial charge in [0.25, 0.3) is 4.92 Å². The lowest BCUT2D eigenvalue weighted by Gasteiger charge is -2.19. The Kier molecular flexibility index (Phi) is 3.11. The SMILES string of the molecule is CO[N+](=O)c1ccc(N(C)C(C)C)o1. The zero-order valence-electron chi connectivity index (χ0n) is 8.85. The summed E-state index contributed by atoms with van der Waals surface area (Å²) < 4.78 is 5.27. The molecule has 0 saturated carbocycles. The van der Waals surface area contributed by atoms with E-state index in [2.05, 4.69) is 4.84 Å². The van der Waals surface area contributed by atoms with Gasteiger partial charge in [0, 0.05) is 19.2 Å². The number of furan rings is 1. The van der Waals surface area contributed by atoms with Gasteiger partial charge < -0.3 is 9.32 Å². The summed E-state index contributed by atoms with van der Waals surface area (Å²) in [7, 11) is 3.19. The Bertz CT molecular complexity index is 320. The summed E-state index contributed by atoms with van der Waals surface area (Å²) in [6.45, 7) is 4.07. The van der Waals surface area contributed by atoms with Crippen LogP contribution in [0.5, 0.6) is 0 Å². The molecular formula is C9H15N2O3+. The molecule has 0 aliphatic rings. The molecule has 0 saturated heterocycles. The van der Waals surface area contributed by atoms with Gasteiger partial charge >= 0.3 is 5.88 Å². The first-order valence-electron chi connectivity index (χ1n) is 4.40. The Morgan fingerprint density at radius 3 is 2.64 bits per heavy atom. The lowest BCUT2D eigenvalue weighted by atomic mass is 10.3. The topological polar surface area (TPSA) is 45.7 Å². The molecule has 0 fully saturated rings. The quantitative estimate of drug-likeness (QED) is 0.696. The highest BCUT2D eigenvalue weighted by Gasteiger charge is 2.21. The number of hydrogen-bond acceptors (Lipinski definition) is 4. The summed E-state index contributed by atoms with van der Waals surface area (Å²) in [5.74, 6) is 0.794. The second-order valence-corrected chi connectivity index (χ2v) is 3.26. The fraction of sp³-hybridized carbons (Fsp3) is 0.556. The van der Waals surface area contributed by atoms with Gasteiger partial charge in [0.15, 0.2) is 7.11 Å². The van der Waals surface area contributed by atoms with E-state index in [-0.39, 0.29) is 5.88 Å². The molecule has 0 aliphatic heterocycles. The lowest BCUT2D eigenvalue weighted by Crippen LogP contribution is -2.24. The van der Waals surface area contributed by atoms with Crippen LogP contribution in [0.2, 0.25) is 0 Å². The number of nitrogens with zero attached hydrogens (tertiary/aromatic N) is 2. The van der Waals surface area contributed by atoms with Gasteiger partial charge in [-0.15, -0.1) is 0 Å². The predicted molar refractivity (Wildman–Crippen MR) is 52.5 cm³/mol. The summed E-state index contributed by atoms with van der Waals surface area (Å²) in [5, 5.41) is 0. The summed E-state index contributed by atoms with van der Waals surface area (Å²) in [6, 6.07) is 3.63. The van der Waals surface area contributed by atoms with Crippen LogP contribution in [0.15, 0.2) is 16.5 Å². The maximum Gasteiger partial charge on any atom is 0.481 e. The highest BCUT2D eigenvalue weighted by atomic mass is 16.8. The minimum absolute atomic E-state index is 0.148. The van der Waals surface area contributed by atoms with Gasteiger partial charge in [0.2, 0.25) is 5.88 Å². The van der Waals surface area contributed by atoms with Gasteiger partial charge in [-0.2, -0.15) is 0 Å². The third-order valence-electron chi connectivity index (χ3n) is 2.05. The molecule has 1 aromatic heterocycles. The maximum atomic E-state index is 11.0. The lowest BCUT2D eigenvalue weighted by molar-refractivity contribution is -0.744. The van der Waals surface area contributed by atoms with Gasteiger partial charge in [-0.3, -0.25) is 0 Å². The second kappa shape index (κ2) is 4.13. The van der Waals surface area contributed by atoms with E-state index in [1.165, 1.54) is 7.11 Å². The van der Waals surface area contributed by atoms with E-state index in [1.54, 1.807) is 12.1 Å². The van der Waals surface area contributed by atoms with E-state index >= 15 is 0 Å². The van der Waals surface area contributed by atoms with Crippen LogP contribution >= 0.6 is 0 Å². The summed E-state index contributed by atoms with van der Waals surface area (Å²) in [4.78, 5) is 17.7. The van der Waals surface area contributed by atoms with Crippen molar-refractivity contribution in [2.24, 2.45) is 0 Å². The van der Waals surface area contributed by atoms with Gasteiger partial charge in [0.1, 0.15) is 0 Å². The second-order valence-electron chi connectivity index (χ2n) is 3.26. The third kappa shape index (κ3) is 2.04. The van der Waals surface area contributed by atoms with E-state index in [9.17, 15) is 4.91 Å². The van der Waals surface area contributed by atoms with E-state index in [1.807, 2.05) is 25.8 Å². The fourth-order valence-electron chi connectivity index (χ4n) is 0.950. The van der Waals surface area contributed by atoms with E-state index < -0.39 is 0 Å². The van der Waals surface area contributed by atoms with Gasteiger partial charge in [-0.25, -0.2) is 4.84 Å². The van der Waals surface area contributed by atoms with Crippen molar-refractivity contribution in [2.45, 2.75) is 19.9 Å². The molecule has 1 aromatic rings. The Hall–Kier alpha value is -1.52. The molecule has 0 aliphatic carbocycles. The Labute approximate surface area is 82.8 Å². The van der Waals surface area contributed by atoms with E-state index in [0.717, 1.165) is 0 Å². The van der Waals surface area contributed by atoms with Gasteiger partial charge in [0.05, 0.1) is 11.0 Å². The van der Waals surface area contributed by atoms with Crippen LogP contribution in [0.25, 0.3) is 0 Å². The first kappa shape index (κ1) is 10.6. The van der Waals surface area contributed by atoms with Crippen molar-refractivity contribution in [3.8, 4) is 0 Å². The van der Waals surface area contributed by atoms with Crippen molar-refractivity contribution < 1.29 is 14.2 Å². The minimum atomic E-state index is 0.148. The maximum absolute atomic E-state index is 11.0. The Balaban J connectivity index is 2.82. The van der Waals surface area contributed by atoms with E-state index in [0.29, 0.717) is 16.8 Å². The summed E-state index contributed by atoms with van der Waals surface area (Å²) in [6.07, 6.45) is 0. The summed E-state index contributed by atoms with van der Waals surface area (Å²) >= 11 is 0. The van der Waals surface area contributed by atoms with Crippen LogP contribution < -0.4 is 4.90 Å². The number of hydrogen-bond donors (Lipinski definition) is 0. The van der Waals surface area contributed by atoms with Crippen LogP contribution in [-0.4, -0.2) is 25.1 Å². The average Bonchev–Trinajstić information content (AvgIpc) is 2.64. The minimum Gasteiger partial charge on any atom is -0.382 e. The zero-order chi connectivity index (χ0) is 10.7. The van der Waals surface area contributed by atoms with Crippen molar-refractivity contribution >= 4 is 11.8 Å². The molecule has 0 N–H and O–H groups in total. The molecule has 5 heteroatoms. The van der Waals surface area contributed by atoms with Crippen molar-refractivity contribution in [2.75, 3.05) is 19.1 Å². The van der Waals surface area contributed by atoms with Crippen LogP contribution in [0.1, 0.15) is 13.8 Å². The predicted octanol–water partition coefficient (Wildman–Crippen LogP) is 2.10. The largest absolute Gasteiger partial charge is 0.481 e. The molecule has 0 unspecified atom stereocenters. The smallest absolute Gasteiger partial charge is 0.382 e. The average molecular weight is 199 g/mol. The van der Waals surface area contributed by atoms with Crippen molar-refractivity contribution in [3.05, 3.63) is 17.0 Å². The Morgan fingerprint density at radius 2 is 2.14 bits per heavy atom. The van der Waals surface area contributed by atoms with Crippen molar-refractivity contribution in [3.63, 3.8) is 0 Å². The molecule has 1 heterocycles. The zero-order valence-corrected chi connectivity index (χ0v) is 8.85. The van der Waals surface area contributed by atoms with Gasteiger partial charge in [-0.05, 0) is 13.8 Å².